The smallest absolute Gasteiger partial charge is 0.289 e. The van der Waals surface area contributed by atoms with Crippen molar-refractivity contribution in [3.63, 3.8) is 0 Å². The summed E-state index contributed by atoms with van der Waals surface area (Å²) in [5.41, 5.74) is 9.67. The molecule has 0 unspecified atom stereocenters. The maximum absolute atomic E-state index is 11.7. The van der Waals surface area contributed by atoms with Crippen LogP contribution in [-0.2, 0) is 16.1 Å². The molecule has 7 heteroatoms. The Morgan fingerprint density at radius 3 is 1.75 bits per heavy atom. The van der Waals surface area contributed by atoms with Crippen molar-refractivity contribution in [3.05, 3.63) is 102 Å². The summed E-state index contributed by atoms with van der Waals surface area (Å²) in [6.07, 6.45) is 5.39. The number of ketones is 1. The minimum Gasteiger partial charge on any atom is -0.508 e. The Morgan fingerprint density at radius 2 is 1.27 bits per heavy atom. The highest BCUT2D eigenvalue weighted by atomic mass is 16.3. The minimum atomic E-state index is -1.03. The van der Waals surface area contributed by atoms with Crippen molar-refractivity contribution in [1.29, 1.82) is 0 Å². The molecule has 44 heavy (non-hydrogen) atoms. The molecule has 6 N–H and O–H groups in total. The fourth-order valence-electron chi connectivity index (χ4n) is 3.10. The average molecular weight is 610 g/mol. The first-order chi connectivity index (χ1) is 21.4. The van der Waals surface area contributed by atoms with Crippen LogP contribution < -0.4 is 16.4 Å². The molecular weight excluding hydrogens is 550 g/mol. The number of carbonyl (C=O) groups is 2. The molecular formula is C37H59N3O4. The third-order valence-corrected chi connectivity index (χ3v) is 4.93. The summed E-state index contributed by atoms with van der Waals surface area (Å²) < 4.78 is 0. The Balaban J connectivity index is -0.000000308. The second kappa shape index (κ2) is 33.1. The van der Waals surface area contributed by atoms with Crippen LogP contribution in [0, 0.1) is 0 Å². The quantitative estimate of drug-likeness (QED) is 0.122. The highest BCUT2D eigenvalue weighted by molar-refractivity contribution is 6.53. The zero-order valence-corrected chi connectivity index (χ0v) is 29.0. The van der Waals surface area contributed by atoms with Gasteiger partial charge in [-0.25, -0.2) is 0 Å². The lowest BCUT2D eigenvalue weighted by molar-refractivity contribution is -0.132. The molecule has 0 aliphatic heterocycles. The van der Waals surface area contributed by atoms with Gasteiger partial charge in [-0.15, -0.1) is 0 Å². The van der Waals surface area contributed by atoms with Crippen LogP contribution in [0.2, 0.25) is 0 Å². The number of aromatic hydroxyl groups is 1. The summed E-state index contributed by atoms with van der Waals surface area (Å²) >= 11 is 0. The summed E-state index contributed by atoms with van der Waals surface area (Å²) in [4.78, 5) is 22.7. The maximum Gasteiger partial charge on any atom is 0.289 e. The normalized spacial score (nSPS) is 8.55. The molecule has 0 aromatic heterocycles. The lowest BCUT2D eigenvalue weighted by Gasteiger charge is -2.12. The number of anilines is 2. The Morgan fingerprint density at radius 1 is 0.795 bits per heavy atom. The maximum atomic E-state index is 11.7. The number of allylic oxidation sites excluding steroid dienone is 1. The van der Waals surface area contributed by atoms with Crippen LogP contribution in [0.1, 0.15) is 85.4 Å². The van der Waals surface area contributed by atoms with E-state index >= 15 is 0 Å². The van der Waals surface area contributed by atoms with Crippen LogP contribution in [0.4, 0.5) is 11.4 Å². The van der Waals surface area contributed by atoms with Crippen LogP contribution in [0.15, 0.2) is 85.5 Å². The number of primary amides is 1. The van der Waals surface area contributed by atoms with E-state index in [9.17, 15) is 14.7 Å². The van der Waals surface area contributed by atoms with Crippen molar-refractivity contribution in [2.24, 2.45) is 5.73 Å². The van der Waals surface area contributed by atoms with E-state index < -0.39 is 11.7 Å². The zero-order chi connectivity index (χ0) is 34.9. The van der Waals surface area contributed by atoms with E-state index in [-0.39, 0.29) is 11.3 Å². The lowest BCUT2D eigenvalue weighted by atomic mass is 10.0. The van der Waals surface area contributed by atoms with Gasteiger partial charge >= 0.3 is 0 Å². The summed E-state index contributed by atoms with van der Waals surface area (Å²) in [5.74, 6) is -1.64. The number of hydrogen-bond acceptors (Lipinski definition) is 6. The van der Waals surface area contributed by atoms with Gasteiger partial charge < -0.3 is 26.6 Å². The van der Waals surface area contributed by atoms with Crippen LogP contribution in [0.3, 0.4) is 0 Å². The van der Waals surface area contributed by atoms with Crippen molar-refractivity contribution in [3.8, 4) is 5.75 Å². The van der Waals surface area contributed by atoms with Crippen LogP contribution in [0.5, 0.6) is 5.75 Å². The van der Waals surface area contributed by atoms with Gasteiger partial charge in [0.25, 0.3) is 5.91 Å². The Kier molecular flexibility index (Phi) is 35.1. The molecule has 0 atom stereocenters. The van der Waals surface area contributed by atoms with Crippen molar-refractivity contribution < 1.29 is 19.8 Å². The molecule has 0 saturated heterocycles. The number of phenolic OH excluding ortho intramolecular Hbond substituents is 1. The minimum absolute atomic E-state index is 0.0568. The number of Topliss-reactive ketones (excluding diaryl/α,β-unsaturated/α-hetero) is 1. The van der Waals surface area contributed by atoms with Crippen molar-refractivity contribution in [2.45, 2.75) is 75.3 Å². The van der Waals surface area contributed by atoms with Gasteiger partial charge in [0, 0.05) is 43.2 Å². The largest absolute Gasteiger partial charge is 0.508 e. The Bertz CT molecular complexity index is 1160. The number of para-hydroxylation sites is 2. The topological polar surface area (TPSA) is 125 Å². The van der Waals surface area contributed by atoms with E-state index in [0.717, 1.165) is 19.1 Å². The van der Waals surface area contributed by atoms with E-state index in [1.54, 1.807) is 42.5 Å². The molecule has 0 heterocycles. The SMILES string of the molecule is C=C(C(=O)C(N)=O)c1ccccc1NCc1ccc(O)cc1.CC.CC.CC.CC.CC/C=C\c1ccccc1NC.CO. The molecule has 0 aliphatic carbocycles. The number of aliphatic hydroxyl groups excluding tert-OH is 1. The molecule has 3 aromatic carbocycles. The molecule has 0 radical (unpaired) electrons. The number of rotatable bonds is 9. The molecule has 1 amide bonds. The van der Waals surface area contributed by atoms with Crippen LogP contribution >= 0.6 is 0 Å². The zero-order valence-electron chi connectivity index (χ0n) is 29.0. The third kappa shape index (κ3) is 19.7. The number of carbonyl (C=O) groups excluding carboxylic acids is 2. The van der Waals surface area contributed by atoms with Gasteiger partial charge in [-0.3, -0.25) is 9.59 Å². The van der Waals surface area contributed by atoms with E-state index in [0.29, 0.717) is 17.8 Å². The molecule has 0 bridgehead atoms. The van der Waals surface area contributed by atoms with Gasteiger partial charge in [-0.05, 0) is 41.8 Å². The second-order valence-electron chi connectivity index (χ2n) is 7.39. The monoisotopic (exact) mass is 609 g/mol. The fraction of sp³-hybridized carbons (Fsp3) is 0.351. The number of phenols is 1. The van der Waals surface area contributed by atoms with E-state index in [1.165, 1.54) is 11.3 Å². The standard InChI is InChI=1S/C17H16N2O3.C11H15N.4C2H6.CH4O/c1-11(16(21)17(18)22)14-4-2-3-5-15(14)19-10-12-6-8-13(20)9-7-12;1-3-4-7-10-8-5-6-9-11(10)12-2;5*1-2/h2-9,19-20H,1,10H2,(H2,18,22);4-9,12H,3H2,1-2H3;4*1-2H3;2H,1H3/b;7-4-;;;;;. The molecule has 3 aromatic rings. The molecule has 3 rings (SSSR count). The fourth-order valence-corrected chi connectivity index (χ4v) is 3.10. The lowest BCUT2D eigenvalue weighted by Crippen LogP contribution is -2.24. The molecule has 246 valence electrons. The summed E-state index contributed by atoms with van der Waals surface area (Å²) in [6, 6.07) is 22.1. The van der Waals surface area contributed by atoms with Gasteiger partial charge in [0.2, 0.25) is 5.78 Å². The number of benzene rings is 3. The highest BCUT2D eigenvalue weighted by Gasteiger charge is 2.17. The summed E-state index contributed by atoms with van der Waals surface area (Å²) in [7, 11) is 2.94. The number of aliphatic hydroxyl groups is 1. The van der Waals surface area contributed by atoms with Gasteiger partial charge in [0.05, 0.1) is 0 Å². The Labute approximate surface area is 267 Å². The second-order valence-corrected chi connectivity index (χ2v) is 7.39. The average Bonchev–Trinajstić information content (AvgIpc) is 3.11. The third-order valence-electron chi connectivity index (χ3n) is 4.93. The first-order valence-corrected chi connectivity index (χ1v) is 15.4. The Hall–Kier alpha value is -4.36. The molecule has 0 spiro atoms. The first kappa shape index (κ1) is 46.6. The van der Waals surface area contributed by atoms with Crippen LogP contribution in [-0.4, -0.2) is 36.1 Å². The van der Waals surface area contributed by atoms with Gasteiger partial charge in [-0.1, -0.05) is 130 Å². The van der Waals surface area contributed by atoms with Gasteiger partial charge in [0.1, 0.15) is 5.75 Å². The van der Waals surface area contributed by atoms with Gasteiger partial charge in [0.15, 0.2) is 0 Å². The molecule has 0 aliphatic rings. The number of nitrogens with one attached hydrogen (secondary N) is 2. The predicted octanol–water partition coefficient (Wildman–Crippen LogP) is 8.94. The van der Waals surface area contributed by atoms with Gasteiger partial charge in [-0.2, -0.15) is 0 Å². The predicted molar refractivity (Wildman–Crippen MR) is 194 cm³/mol. The summed E-state index contributed by atoms with van der Waals surface area (Å²) in [5, 5.41) is 22.6. The van der Waals surface area contributed by atoms with Crippen molar-refractivity contribution >= 4 is 34.7 Å². The van der Waals surface area contributed by atoms with Crippen molar-refractivity contribution in [1.82, 2.24) is 0 Å². The number of amides is 1. The molecule has 7 nitrogen and oxygen atoms in total. The van der Waals surface area contributed by atoms with E-state index in [2.05, 4.69) is 54.5 Å². The number of nitrogens with two attached hydrogens (primary N) is 1. The van der Waals surface area contributed by atoms with E-state index in [4.69, 9.17) is 10.8 Å². The van der Waals surface area contributed by atoms with E-state index in [1.807, 2.05) is 74.6 Å². The number of hydrogen-bond donors (Lipinski definition) is 5. The highest BCUT2D eigenvalue weighted by Crippen LogP contribution is 2.24. The van der Waals surface area contributed by atoms with Crippen LogP contribution in [0.25, 0.3) is 11.6 Å². The summed E-state index contributed by atoms with van der Waals surface area (Å²) in [6.45, 7) is 22.3. The molecule has 0 saturated carbocycles. The first-order valence-electron chi connectivity index (χ1n) is 15.4. The molecule has 0 fully saturated rings. The van der Waals surface area contributed by atoms with Crippen molar-refractivity contribution in [2.75, 3.05) is 24.8 Å².